The molecule has 3 heteroatoms. The van der Waals surface area contributed by atoms with Gasteiger partial charge in [-0.1, -0.05) is 31.2 Å². The van der Waals surface area contributed by atoms with Crippen molar-refractivity contribution in [1.29, 1.82) is 0 Å². The fourth-order valence-electron chi connectivity index (χ4n) is 2.63. The SMILES string of the molecule is CCCOc1cccc(C(CN)Cc2cccc(OCC)c2)c1. The van der Waals surface area contributed by atoms with Crippen molar-refractivity contribution in [2.24, 2.45) is 5.73 Å². The van der Waals surface area contributed by atoms with Gasteiger partial charge in [-0.2, -0.15) is 0 Å². The van der Waals surface area contributed by atoms with Gasteiger partial charge in [-0.3, -0.25) is 0 Å². The molecule has 23 heavy (non-hydrogen) atoms. The van der Waals surface area contributed by atoms with Gasteiger partial charge in [0, 0.05) is 5.92 Å². The first-order chi connectivity index (χ1) is 11.3. The Balaban J connectivity index is 2.11. The molecule has 1 unspecified atom stereocenters. The Labute approximate surface area is 139 Å². The zero-order valence-electron chi connectivity index (χ0n) is 14.1. The second kappa shape index (κ2) is 9.21. The van der Waals surface area contributed by atoms with E-state index in [0.717, 1.165) is 30.9 Å². The zero-order chi connectivity index (χ0) is 16.5. The third kappa shape index (κ3) is 5.29. The normalized spacial score (nSPS) is 12.0. The van der Waals surface area contributed by atoms with Crippen LogP contribution in [0.3, 0.4) is 0 Å². The van der Waals surface area contributed by atoms with Crippen molar-refractivity contribution >= 4 is 0 Å². The fourth-order valence-corrected chi connectivity index (χ4v) is 2.63. The summed E-state index contributed by atoms with van der Waals surface area (Å²) in [7, 11) is 0. The molecule has 2 N–H and O–H groups in total. The van der Waals surface area contributed by atoms with Gasteiger partial charge in [0.2, 0.25) is 0 Å². The van der Waals surface area contributed by atoms with Crippen LogP contribution in [0.5, 0.6) is 11.5 Å². The van der Waals surface area contributed by atoms with Crippen LogP contribution in [-0.4, -0.2) is 19.8 Å². The summed E-state index contributed by atoms with van der Waals surface area (Å²) in [5, 5.41) is 0. The topological polar surface area (TPSA) is 44.5 Å². The van der Waals surface area contributed by atoms with E-state index in [0.29, 0.717) is 13.2 Å². The summed E-state index contributed by atoms with van der Waals surface area (Å²) in [5.41, 5.74) is 8.49. The Morgan fingerprint density at radius 2 is 1.70 bits per heavy atom. The Morgan fingerprint density at radius 1 is 0.957 bits per heavy atom. The molecule has 0 bridgehead atoms. The van der Waals surface area contributed by atoms with Crippen LogP contribution < -0.4 is 15.2 Å². The lowest BCUT2D eigenvalue weighted by Gasteiger charge is -2.17. The highest BCUT2D eigenvalue weighted by Gasteiger charge is 2.12. The molecule has 0 amide bonds. The lowest BCUT2D eigenvalue weighted by Crippen LogP contribution is -2.15. The molecular formula is C20H27NO2. The zero-order valence-corrected chi connectivity index (χ0v) is 14.1. The fraction of sp³-hybridized carbons (Fsp3) is 0.400. The molecule has 0 spiro atoms. The van der Waals surface area contributed by atoms with Crippen LogP contribution in [0.2, 0.25) is 0 Å². The van der Waals surface area contributed by atoms with Crippen LogP contribution in [-0.2, 0) is 6.42 Å². The van der Waals surface area contributed by atoms with E-state index in [9.17, 15) is 0 Å². The second-order valence-corrected chi connectivity index (χ2v) is 5.64. The molecular weight excluding hydrogens is 286 g/mol. The van der Waals surface area contributed by atoms with Crippen LogP contribution in [0.25, 0.3) is 0 Å². The highest BCUT2D eigenvalue weighted by atomic mass is 16.5. The van der Waals surface area contributed by atoms with Crippen LogP contribution in [0.1, 0.15) is 37.3 Å². The Hall–Kier alpha value is -2.00. The van der Waals surface area contributed by atoms with E-state index in [1.807, 2.05) is 31.2 Å². The molecule has 0 aliphatic heterocycles. The largest absolute Gasteiger partial charge is 0.494 e. The number of benzene rings is 2. The molecule has 0 heterocycles. The van der Waals surface area contributed by atoms with Gasteiger partial charge in [0.25, 0.3) is 0 Å². The van der Waals surface area contributed by atoms with Crippen molar-refractivity contribution in [3.63, 3.8) is 0 Å². The minimum Gasteiger partial charge on any atom is -0.494 e. The maximum Gasteiger partial charge on any atom is 0.119 e. The standard InChI is InChI=1S/C20H27NO2/c1-3-11-23-20-10-6-8-17(14-20)18(15-21)12-16-7-5-9-19(13-16)22-4-2/h5-10,13-14,18H,3-4,11-12,15,21H2,1-2H3. The number of hydrogen-bond donors (Lipinski definition) is 1. The van der Waals surface area contributed by atoms with Crippen molar-refractivity contribution in [2.75, 3.05) is 19.8 Å². The molecule has 0 aliphatic carbocycles. The molecule has 2 aromatic rings. The summed E-state index contributed by atoms with van der Waals surface area (Å²) in [4.78, 5) is 0. The smallest absolute Gasteiger partial charge is 0.119 e. The van der Waals surface area contributed by atoms with E-state index in [-0.39, 0.29) is 5.92 Å². The molecule has 3 nitrogen and oxygen atoms in total. The Morgan fingerprint density at radius 3 is 2.39 bits per heavy atom. The van der Waals surface area contributed by atoms with E-state index in [4.69, 9.17) is 15.2 Å². The van der Waals surface area contributed by atoms with Gasteiger partial charge >= 0.3 is 0 Å². The second-order valence-electron chi connectivity index (χ2n) is 5.64. The van der Waals surface area contributed by atoms with Crippen LogP contribution in [0, 0.1) is 0 Å². The molecule has 124 valence electrons. The first-order valence-corrected chi connectivity index (χ1v) is 8.41. The Kier molecular flexibility index (Phi) is 6.95. The molecule has 0 saturated heterocycles. The number of hydrogen-bond acceptors (Lipinski definition) is 3. The van der Waals surface area contributed by atoms with Crippen LogP contribution in [0.4, 0.5) is 0 Å². The summed E-state index contributed by atoms with van der Waals surface area (Å²) in [6.07, 6.45) is 1.91. The van der Waals surface area contributed by atoms with Crippen molar-refractivity contribution in [1.82, 2.24) is 0 Å². The third-order valence-corrected chi connectivity index (χ3v) is 3.78. The quantitative estimate of drug-likeness (QED) is 0.756. The van der Waals surface area contributed by atoms with Gasteiger partial charge in [0.1, 0.15) is 11.5 Å². The van der Waals surface area contributed by atoms with E-state index < -0.39 is 0 Å². The van der Waals surface area contributed by atoms with Gasteiger partial charge in [-0.05, 0) is 61.7 Å². The molecule has 1 atom stereocenters. The summed E-state index contributed by atoms with van der Waals surface area (Å²) >= 11 is 0. The molecule has 0 aromatic heterocycles. The van der Waals surface area contributed by atoms with Crippen molar-refractivity contribution in [3.8, 4) is 11.5 Å². The van der Waals surface area contributed by atoms with Gasteiger partial charge in [-0.25, -0.2) is 0 Å². The Bertz CT molecular complexity index is 598. The average molecular weight is 313 g/mol. The van der Waals surface area contributed by atoms with Crippen molar-refractivity contribution < 1.29 is 9.47 Å². The summed E-state index contributed by atoms with van der Waals surface area (Å²) < 4.78 is 11.3. The number of nitrogens with two attached hydrogens (primary N) is 1. The number of rotatable bonds is 9. The first kappa shape index (κ1) is 17.4. The van der Waals surface area contributed by atoms with Gasteiger partial charge < -0.3 is 15.2 Å². The van der Waals surface area contributed by atoms with Crippen molar-refractivity contribution in [3.05, 3.63) is 59.7 Å². The highest BCUT2D eigenvalue weighted by Crippen LogP contribution is 2.25. The monoisotopic (exact) mass is 313 g/mol. The molecule has 0 fully saturated rings. The predicted molar refractivity (Wildman–Crippen MR) is 95.3 cm³/mol. The van der Waals surface area contributed by atoms with Crippen molar-refractivity contribution in [2.45, 2.75) is 32.6 Å². The highest BCUT2D eigenvalue weighted by molar-refractivity contribution is 5.34. The van der Waals surface area contributed by atoms with Crippen LogP contribution in [0.15, 0.2) is 48.5 Å². The molecule has 2 rings (SSSR count). The third-order valence-electron chi connectivity index (χ3n) is 3.78. The van der Waals surface area contributed by atoms with Gasteiger partial charge in [0.05, 0.1) is 13.2 Å². The average Bonchev–Trinajstić information content (AvgIpc) is 2.59. The molecule has 0 saturated carbocycles. The molecule has 2 aromatic carbocycles. The summed E-state index contributed by atoms with van der Waals surface area (Å²) in [6.45, 7) is 6.14. The molecule has 0 aliphatic rings. The minimum absolute atomic E-state index is 0.275. The maximum atomic E-state index is 6.03. The lowest BCUT2D eigenvalue weighted by molar-refractivity contribution is 0.317. The summed E-state index contributed by atoms with van der Waals surface area (Å²) in [5.74, 6) is 2.11. The van der Waals surface area contributed by atoms with E-state index in [1.54, 1.807) is 0 Å². The van der Waals surface area contributed by atoms with Gasteiger partial charge in [0.15, 0.2) is 0 Å². The van der Waals surface area contributed by atoms with E-state index in [1.165, 1.54) is 11.1 Å². The minimum atomic E-state index is 0.275. The van der Waals surface area contributed by atoms with E-state index >= 15 is 0 Å². The molecule has 0 radical (unpaired) electrons. The number of ether oxygens (including phenoxy) is 2. The predicted octanol–water partition coefficient (Wildman–Crippen LogP) is 4.16. The van der Waals surface area contributed by atoms with Gasteiger partial charge in [-0.15, -0.1) is 0 Å². The lowest BCUT2D eigenvalue weighted by atomic mass is 9.92. The van der Waals surface area contributed by atoms with Crippen LogP contribution >= 0.6 is 0 Å². The maximum absolute atomic E-state index is 6.03. The summed E-state index contributed by atoms with van der Waals surface area (Å²) in [6, 6.07) is 16.5. The first-order valence-electron chi connectivity index (χ1n) is 8.41. The van der Waals surface area contributed by atoms with E-state index in [2.05, 4.69) is 31.2 Å².